The second-order valence-corrected chi connectivity index (χ2v) is 6.10. The summed E-state index contributed by atoms with van der Waals surface area (Å²) in [6.07, 6.45) is 13.0. The highest BCUT2D eigenvalue weighted by molar-refractivity contribution is 4.91. The zero-order valence-electron chi connectivity index (χ0n) is 11.3. The van der Waals surface area contributed by atoms with Crippen molar-refractivity contribution in [2.24, 2.45) is 5.92 Å². The van der Waals surface area contributed by atoms with Crippen molar-refractivity contribution in [3.05, 3.63) is 0 Å². The molecular weight excluding hydrogens is 212 g/mol. The third-order valence-corrected chi connectivity index (χ3v) is 4.65. The van der Waals surface area contributed by atoms with E-state index >= 15 is 0 Å². The van der Waals surface area contributed by atoms with Crippen molar-refractivity contribution in [3.8, 4) is 0 Å². The van der Waals surface area contributed by atoms with Crippen molar-refractivity contribution >= 4 is 0 Å². The van der Waals surface area contributed by atoms with E-state index in [0.29, 0.717) is 18.6 Å². The van der Waals surface area contributed by atoms with Crippen molar-refractivity contribution in [1.82, 2.24) is 0 Å². The maximum Gasteiger partial charge on any atom is 0.0687 e. The molecule has 1 spiro atoms. The highest BCUT2D eigenvalue weighted by Gasteiger charge is 2.40. The molecule has 0 aromatic heterocycles. The largest absolute Gasteiger partial charge is 0.396 e. The van der Waals surface area contributed by atoms with Crippen LogP contribution in [0.3, 0.4) is 0 Å². The van der Waals surface area contributed by atoms with Gasteiger partial charge in [0.2, 0.25) is 0 Å². The van der Waals surface area contributed by atoms with Gasteiger partial charge in [0, 0.05) is 6.61 Å². The van der Waals surface area contributed by atoms with Crippen LogP contribution in [0.25, 0.3) is 0 Å². The Bertz CT molecular complexity index is 221. The van der Waals surface area contributed by atoms with E-state index in [2.05, 4.69) is 6.92 Å². The van der Waals surface area contributed by atoms with Crippen molar-refractivity contribution in [3.63, 3.8) is 0 Å². The van der Waals surface area contributed by atoms with Crippen LogP contribution < -0.4 is 0 Å². The van der Waals surface area contributed by atoms with Gasteiger partial charge in [-0.3, -0.25) is 0 Å². The molecule has 2 nitrogen and oxygen atoms in total. The zero-order chi connectivity index (χ0) is 12.1. The quantitative estimate of drug-likeness (QED) is 0.794. The highest BCUT2D eigenvalue weighted by Crippen LogP contribution is 2.43. The number of aliphatic hydroxyl groups excluding tert-OH is 1. The van der Waals surface area contributed by atoms with Gasteiger partial charge in [-0.15, -0.1) is 0 Å². The fourth-order valence-electron chi connectivity index (χ4n) is 3.69. The van der Waals surface area contributed by atoms with Crippen LogP contribution in [0.5, 0.6) is 0 Å². The molecule has 1 aliphatic carbocycles. The standard InChI is InChI=1S/C15H28O2/c1-2-6-13(12-16)11-14-7-10-15(17-14)8-4-3-5-9-15/h13-14,16H,2-12H2,1H3. The summed E-state index contributed by atoms with van der Waals surface area (Å²) in [5.41, 5.74) is 0.245. The van der Waals surface area contributed by atoms with Crippen LogP contribution in [0.1, 0.15) is 71.1 Å². The molecule has 1 heterocycles. The van der Waals surface area contributed by atoms with Gasteiger partial charge in [0.15, 0.2) is 0 Å². The summed E-state index contributed by atoms with van der Waals surface area (Å²) in [5.74, 6) is 0.462. The summed E-state index contributed by atoms with van der Waals surface area (Å²) in [6, 6.07) is 0. The molecular formula is C15H28O2. The Morgan fingerprint density at radius 1 is 1.24 bits per heavy atom. The second kappa shape index (κ2) is 6.19. The van der Waals surface area contributed by atoms with Gasteiger partial charge in [0.05, 0.1) is 11.7 Å². The van der Waals surface area contributed by atoms with E-state index in [9.17, 15) is 5.11 Å². The fraction of sp³-hybridized carbons (Fsp3) is 1.00. The van der Waals surface area contributed by atoms with Crippen LogP contribution in [0.2, 0.25) is 0 Å². The number of hydrogen-bond acceptors (Lipinski definition) is 2. The number of aliphatic hydroxyl groups is 1. The van der Waals surface area contributed by atoms with Crippen molar-refractivity contribution < 1.29 is 9.84 Å². The van der Waals surface area contributed by atoms with E-state index in [1.54, 1.807) is 0 Å². The molecule has 2 aliphatic rings. The van der Waals surface area contributed by atoms with Crippen molar-refractivity contribution in [1.29, 1.82) is 0 Å². The van der Waals surface area contributed by atoms with E-state index in [0.717, 1.165) is 12.8 Å². The number of rotatable bonds is 5. The lowest BCUT2D eigenvalue weighted by atomic mass is 9.83. The molecule has 0 bridgehead atoms. The van der Waals surface area contributed by atoms with Gasteiger partial charge in [0.25, 0.3) is 0 Å². The average molecular weight is 240 g/mol. The molecule has 2 heteroatoms. The van der Waals surface area contributed by atoms with Crippen LogP contribution in [0.15, 0.2) is 0 Å². The minimum Gasteiger partial charge on any atom is -0.396 e. The van der Waals surface area contributed by atoms with Gasteiger partial charge in [-0.25, -0.2) is 0 Å². The average Bonchev–Trinajstić information content (AvgIpc) is 2.72. The van der Waals surface area contributed by atoms with Gasteiger partial charge in [-0.2, -0.15) is 0 Å². The summed E-state index contributed by atoms with van der Waals surface area (Å²) >= 11 is 0. The molecule has 100 valence electrons. The van der Waals surface area contributed by atoms with Crippen LogP contribution in [0.4, 0.5) is 0 Å². The van der Waals surface area contributed by atoms with Crippen molar-refractivity contribution in [2.45, 2.75) is 82.8 Å². The molecule has 2 atom stereocenters. The molecule has 2 fully saturated rings. The third kappa shape index (κ3) is 3.45. The maximum absolute atomic E-state index is 9.36. The summed E-state index contributed by atoms with van der Waals surface area (Å²) in [4.78, 5) is 0. The van der Waals surface area contributed by atoms with Gasteiger partial charge in [-0.1, -0.05) is 32.6 Å². The fourth-order valence-corrected chi connectivity index (χ4v) is 3.69. The van der Waals surface area contributed by atoms with Crippen molar-refractivity contribution in [2.75, 3.05) is 6.61 Å². The Morgan fingerprint density at radius 3 is 2.65 bits per heavy atom. The molecule has 1 aliphatic heterocycles. The first-order valence-electron chi connectivity index (χ1n) is 7.57. The lowest BCUT2D eigenvalue weighted by molar-refractivity contribution is -0.0719. The molecule has 2 unspecified atom stereocenters. The van der Waals surface area contributed by atoms with E-state index in [1.165, 1.54) is 51.4 Å². The highest BCUT2D eigenvalue weighted by atomic mass is 16.5. The number of ether oxygens (including phenoxy) is 1. The lowest BCUT2D eigenvalue weighted by Gasteiger charge is -2.33. The minimum atomic E-state index is 0.245. The van der Waals surface area contributed by atoms with Gasteiger partial charge in [0.1, 0.15) is 0 Å². The smallest absolute Gasteiger partial charge is 0.0687 e. The SMILES string of the molecule is CCCC(CO)CC1CCC2(CCCCC2)O1. The maximum atomic E-state index is 9.36. The summed E-state index contributed by atoms with van der Waals surface area (Å²) in [7, 11) is 0. The molecule has 2 rings (SSSR count). The summed E-state index contributed by atoms with van der Waals surface area (Å²) in [6.45, 7) is 2.53. The topological polar surface area (TPSA) is 29.5 Å². The van der Waals surface area contributed by atoms with E-state index < -0.39 is 0 Å². The van der Waals surface area contributed by atoms with Crippen LogP contribution in [-0.2, 0) is 4.74 Å². The Kier molecular flexibility index (Phi) is 4.87. The molecule has 17 heavy (non-hydrogen) atoms. The van der Waals surface area contributed by atoms with Crippen LogP contribution >= 0.6 is 0 Å². The lowest BCUT2D eigenvalue weighted by Crippen LogP contribution is -2.32. The molecule has 1 saturated heterocycles. The molecule has 0 aromatic carbocycles. The zero-order valence-corrected chi connectivity index (χ0v) is 11.3. The predicted molar refractivity (Wildman–Crippen MR) is 70.0 cm³/mol. The molecule has 1 saturated carbocycles. The van der Waals surface area contributed by atoms with Crippen LogP contribution in [0, 0.1) is 5.92 Å². The third-order valence-electron chi connectivity index (χ3n) is 4.65. The summed E-state index contributed by atoms with van der Waals surface area (Å²) in [5, 5.41) is 9.36. The molecule has 0 radical (unpaired) electrons. The first-order valence-corrected chi connectivity index (χ1v) is 7.57. The van der Waals surface area contributed by atoms with Gasteiger partial charge >= 0.3 is 0 Å². The monoisotopic (exact) mass is 240 g/mol. The summed E-state index contributed by atoms with van der Waals surface area (Å²) < 4.78 is 6.36. The Balaban J connectivity index is 1.80. The first kappa shape index (κ1) is 13.4. The first-order chi connectivity index (χ1) is 8.28. The molecule has 0 aromatic rings. The number of hydrogen-bond donors (Lipinski definition) is 1. The molecule has 0 amide bonds. The Morgan fingerprint density at radius 2 is 2.00 bits per heavy atom. The van der Waals surface area contributed by atoms with Gasteiger partial charge in [-0.05, 0) is 44.4 Å². The normalized spacial score (nSPS) is 29.6. The van der Waals surface area contributed by atoms with Gasteiger partial charge < -0.3 is 9.84 Å². The van der Waals surface area contributed by atoms with E-state index in [4.69, 9.17) is 4.74 Å². The van der Waals surface area contributed by atoms with E-state index in [1.807, 2.05) is 0 Å². The molecule has 1 N–H and O–H groups in total. The van der Waals surface area contributed by atoms with Crippen LogP contribution in [-0.4, -0.2) is 23.4 Å². The minimum absolute atomic E-state index is 0.245. The van der Waals surface area contributed by atoms with E-state index in [-0.39, 0.29) is 5.60 Å². The second-order valence-electron chi connectivity index (χ2n) is 6.10. The Labute approximate surface area is 106 Å². The Hall–Kier alpha value is -0.0800. The predicted octanol–water partition coefficient (Wildman–Crippen LogP) is 3.67.